The monoisotopic (exact) mass is 334 g/mol. The first-order chi connectivity index (χ1) is 11.5. The average molecular weight is 334 g/mol. The van der Waals surface area contributed by atoms with Crippen molar-refractivity contribution in [3.63, 3.8) is 0 Å². The van der Waals surface area contributed by atoms with E-state index in [0.717, 1.165) is 12.8 Å². The van der Waals surface area contributed by atoms with Crippen LogP contribution in [0.3, 0.4) is 0 Å². The second-order valence-electron chi connectivity index (χ2n) is 5.38. The van der Waals surface area contributed by atoms with Crippen molar-refractivity contribution in [1.29, 1.82) is 0 Å². The molecule has 2 heterocycles. The molecular formula is C15H22N6O3. The van der Waals surface area contributed by atoms with Crippen molar-refractivity contribution >= 4 is 11.7 Å². The van der Waals surface area contributed by atoms with Crippen molar-refractivity contribution in [3.8, 4) is 11.3 Å². The van der Waals surface area contributed by atoms with Crippen molar-refractivity contribution in [2.75, 3.05) is 25.6 Å². The molecule has 0 saturated carbocycles. The molecule has 0 radical (unpaired) electrons. The Morgan fingerprint density at radius 2 is 2.17 bits per heavy atom. The molecule has 0 spiro atoms. The van der Waals surface area contributed by atoms with Crippen LogP contribution in [-0.2, 0) is 23.1 Å². The molecule has 0 aliphatic carbocycles. The van der Waals surface area contributed by atoms with Gasteiger partial charge in [0.25, 0.3) is 5.56 Å². The second-order valence-corrected chi connectivity index (χ2v) is 5.38. The molecule has 2 aromatic heterocycles. The fraction of sp³-hybridized carbons (Fsp3) is 0.467. The molecule has 0 fully saturated rings. The number of carbonyl (C=O) groups is 1. The maximum Gasteiger partial charge on any atom is 0.294 e. The number of rotatable bonds is 9. The Labute approximate surface area is 139 Å². The van der Waals surface area contributed by atoms with E-state index in [-0.39, 0.29) is 17.9 Å². The highest BCUT2D eigenvalue weighted by molar-refractivity contribution is 5.74. The minimum absolute atomic E-state index is 0.196. The van der Waals surface area contributed by atoms with Gasteiger partial charge in [-0.25, -0.2) is 4.98 Å². The predicted molar refractivity (Wildman–Crippen MR) is 89.5 cm³/mol. The molecule has 0 aromatic carbocycles. The molecular weight excluding hydrogens is 312 g/mol. The number of aryl methyl sites for hydroxylation is 1. The number of methoxy groups -OCH3 is 1. The quantitative estimate of drug-likeness (QED) is 0.622. The van der Waals surface area contributed by atoms with Crippen molar-refractivity contribution in [1.82, 2.24) is 19.3 Å². The maximum absolute atomic E-state index is 12.6. The summed E-state index contributed by atoms with van der Waals surface area (Å²) in [5.74, 6) is -0.402. The average Bonchev–Trinajstić information content (AvgIpc) is 2.96. The number of hydrogen-bond donors (Lipinski definition) is 2. The third-order valence-corrected chi connectivity index (χ3v) is 3.44. The first-order valence-electron chi connectivity index (χ1n) is 7.63. The number of nitrogens with two attached hydrogens (primary N) is 1. The SMILES string of the molecule is COCCCCNc1ncc(-c2cnn(C)c2)n(CC(N)=O)c1=O. The van der Waals surface area contributed by atoms with Gasteiger partial charge in [-0.2, -0.15) is 5.10 Å². The van der Waals surface area contributed by atoms with Gasteiger partial charge in [-0.15, -0.1) is 0 Å². The lowest BCUT2D eigenvalue weighted by atomic mass is 10.2. The lowest BCUT2D eigenvalue weighted by Gasteiger charge is -2.12. The Hall–Kier alpha value is -2.68. The van der Waals surface area contributed by atoms with Gasteiger partial charge < -0.3 is 15.8 Å². The van der Waals surface area contributed by atoms with Gasteiger partial charge in [0.1, 0.15) is 6.54 Å². The molecule has 9 heteroatoms. The fourth-order valence-corrected chi connectivity index (χ4v) is 2.28. The molecule has 2 rings (SSSR count). The zero-order chi connectivity index (χ0) is 17.5. The van der Waals surface area contributed by atoms with Crippen molar-refractivity contribution in [3.05, 3.63) is 28.9 Å². The number of carbonyl (C=O) groups excluding carboxylic acids is 1. The number of primary amides is 1. The van der Waals surface area contributed by atoms with Crippen LogP contribution in [-0.4, -0.2) is 45.5 Å². The van der Waals surface area contributed by atoms with Gasteiger partial charge in [0.2, 0.25) is 5.91 Å². The highest BCUT2D eigenvalue weighted by atomic mass is 16.5. The number of aromatic nitrogens is 4. The number of anilines is 1. The third-order valence-electron chi connectivity index (χ3n) is 3.44. The van der Waals surface area contributed by atoms with Crippen LogP contribution in [0.15, 0.2) is 23.4 Å². The lowest BCUT2D eigenvalue weighted by molar-refractivity contribution is -0.118. The van der Waals surface area contributed by atoms with Gasteiger partial charge in [0.15, 0.2) is 5.82 Å². The van der Waals surface area contributed by atoms with Crippen LogP contribution in [0.25, 0.3) is 11.3 Å². The van der Waals surface area contributed by atoms with Crippen LogP contribution in [0.1, 0.15) is 12.8 Å². The van der Waals surface area contributed by atoms with Gasteiger partial charge in [0, 0.05) is 39.1 Å². The van der Waals surface area contributed by atoms with E-state index in [4.69, 9.17) is 10.5 Å². The maximum atomic E-state index is 12.6. The minimum Gasteiger partial charge on any atom is -0.385 e. The predicted octanol–water partition coefficient (Wildman–Crippen LogP) is -0.0324. The van der Waals surface area contributed by atoms with E-state index < -0.39 is 5.91 Å². The normalized spacial score (nSPS) is 10.8. The zero-order valence-electron chi connectivity index (χ0n) is 13.9. The molecule has 24 heavy (non-hydrogen) atoms. The number of amides is 1. The van der Waals surface area contributed by atoms with Crippen LogP contribution < -0.4 is 16.6 Å². The van der Waals surface area contributed by atoms with Crippen molar-refractivity contribution < 1.29 is 9.53 Å². The highest BCUT2D eigenvalue weighted by Crippen LogP contribution is 2.16. The minimum atomic E-state index is -0.598. The summed E-state index contributed by atoms with van der Waals surface area (Å²) in [6.07, 6.45) is 6.61. The summed E-state index contributed by atoms with van der Waals surface area (Å²) < 4.78 is 7.90. The molecule has 0 atom stereocenters. The van der Waals surface area contributed by atoms with Gasteiger partial charge in [0.05, 0.1) is 18.1 Å². The second kappa shape index (κ2) is 8.25. The molecule has 130 valence electrons. The van der Waals surface area contributed by atoms with Crippen molar-refractivity contribution in [2.24, 2.45) is 12.8 Å². The fourth-order valence-electron chi connectivity index (χ4n) is 2.28. The van der Waals surface area contributed by atoms with Gasteiger partial charge >= 0.3 is 0 Å². The van der Waals surface area contributed by atoms with Gasteiger partial charge in [-0.1, -0.05) is 0 Å². The molecule has 9 nitrogen and oxygen atoms in total. The summed E-state index contributed by atoms with van der Waals surface area (Å²) in [5, 5.41) is 7.07. The van der Waals surface area contributed by atoms with E-state index >= 15 is 0 Å². The first kappa shape index (κ1) is 17.7. The van der Waals surface area contributed by atoms with E-state index in [1.54, 1.807) is 37.4 Å². The number of ether oxygens (including phenoxy) is 1. The van der Waals surface area contributed by atoms with E-state index in [1.165, 1.54) is 4.57 Å². The standard InChI is InChI=1S/C15H22N6O3/c1-20-9-11(7-19-20)12-8-18-14(17-5-3-4-6-24-2)15(23)21(12)10-13(16)22/h7-9H,3-6,10H2,1-2H3,(H2,16,22)(H,17,18). The van der Waals surface area contributed by atoms with Crippen LogP contribution in [0.4, 0.5) is 5.82 Å². The van der Waals surface area contributed by atoms with Crippen molar-refractivity contribution in [2.45, 2.75) is 19.4 Å². The smallest absolute Gasteiger partial charge is 0.294 e. The topological polar surface area (TPSA) is 117 Å². The van der Waals surface area contributed by atoms with E-state index in [2.05, 4.69) is 15.4 Å². The Balaban J connectivity index is 2.26. The zero-order valence-corrected chi connectivity index (χ0v) is 13.9. The van der Waals surface area contributed by atoms with Crippen LogP contribution in [0.5, 0.6) is 0 Å². The van der Waals surface area contributed by atoms with Crippen LogP contribution >= 0.6 is 0 Å². The Morgan fingerprint density at radius 1 is 1.38 bits per heavy atom. The summed E-state index contributed by atoms with van der Waals surface area (Å²) >= 11 is 0. The Morgan fingerprint density at radius 3 is 2.79 bits per heavy atom. The van der Waals surface area contributed by atoms with E-state index in [9.17, 15) is 9.59 Å². The van der Waals surface area contributed by atoms with Crippen LogP contribution in [0.2, 0.25) is 0 Å². The van der Waals surface area contributed by atoms with Gasteiger partial charge in [-0.05, 0) is 12.8 Å². The molecule has 3 N–H and O–H groups in total. The van der Waals surface area contributed by atoms with E-state index in [0.29, 0.717) is 24.4 Å². The molecule has 0 saturated heterocycles. The first-order valence-corrected chi connectivity index (χ1v) is 7.63. The molecule has 1 amide bonds. The molecule has 0 aliphatic rings. The third kappa shape index (κ3) is 4.42. The molecule has 0 bridgehead atoms. The number of nitrogens with zero attached hydrogens (tertiary/aromatic N) is 4. The Bertz CT molecular complexity index is 752. The summed E-state index contributed by atoms with van der Waals surface area (Å²) in [6, 6.07) is 0. The summed E-state index contributed by atoms with van der Waals surface area (Å²) in [6.45, 7) is 1.04. The summed E-state index contributed by atoms with van der Waals surface area (Å²) in [7, 11) is 3.41. The lowest BCUT2D eigenvalue weighted by Crippen LogP contribution is -2.31. The molecule has 0 unspecified atom stereocenters. The summed E-state index contributed by atoms with van der Waals surface area (Å²) in [4.78, 5) is 28.1. The van der Waals surface area contributed by atoms with E-state index in [1.807, 2.05) is 0 Å². The molecule has 2 aromatic rings. The van der Waals surface area contributed by atoms with Crippen LogP contribution in [0, 0.1) is 0 Å². The highest BCUT2D eigenvalue weighted by Gasteiger charge is 2.14. The summed E-state index contributed by atoms with van der Waals surface area (Å²) in [5.41, 5.74) is 6.08. The van der Waals surface area contributed by atoms with Gasteiger partial charge in [-0.3, -0.25) is 18.8 Å². The number of unbranched alkanes of at least 4 members (excludes halogenated alkanes) is 1. The number of nitrogens with one attached hydrogen (secondary N) is 1. The Kier molecular flexibility index (Phi) is 6.07. The largest absolute Gasteiger partial charge is 0.385 e. The number of hydrogen-bond acceptors (Lipinski definition) is 6. The molecule has 0 aliphatic heterocycles.